The zero-order chi connectivity index (χ0) is 17.9. The SMILES string of the molecule is COC(=O)c1cc([N+](=O)[O-])ccc1N1CCC(N(C)C(C)=O)CC1. The first-order valence-corrected chi connectivity index (χ1v) is 7.70. The number of hydrogen-bond donors (Lipinski definition) is 0. The molecule has 0 aliphatic carbocycles. The number of amides is 1. The van der Waals surface area contributed by atoms with Crippen LogP contribution in [0.15, 0.2) is 18.2 Å². The molecular weight excluding hydrogens is 314 g/mol. The second-order valence-corrected chi connectivity index (χ2v) is 5.80. The summed E-state index contributed by atoms with van der Waals surface area (Å²) in [6.45, 7) is 2.85. The number of carbonyl (C=O) groups excluding carboxylic acids is 2. The highest BCUT2D eigenvalue weighted by molar-refractivity contribution is 5.96. The quantitative estimate of drug-likeness (QED) is 0.473. The third-order valence-corrected chi connectivity index (χ3v) is 4.45. The van der Waals surface area contributed by atoms with Crippen LogP contribution in [0.4, 0.5) is 11.4 Å². The first-order valence-electron chi connectivity index (χ1n) is 7.70. The van der Waals surface area contributed by atoms with Crippen LogP contribution in [-0.2, 0) is 9.53 Å². The summed E-state index contributed by atoms with van der Waals surface area (Å²) in [5.41, 5.74) is 0.659. The van der Waals surface area contributed by atoms with Crippen LogP contribution >= 0.6 is 0 Å². The minimum absolute atomic E-state index is 0.0269. The van der Waals surface area contributed by atoms with Crippen molar-refractivity contribution in [1.29, 1.82) is 0 Å². The summed E-state index contributed by atoms with van der Waals surface area (Å²) in [6, 6.07) is 4.38. The second-order valence-electron chi connectivity index (χ2n) is 5.80. The number of carbonyl (C=O) groups is 2. The number of piperidine rings is 1. The largest absolute Gasteiger partial charge is 0.465 e. The van der Waals surface area contributed by atoms with Gasteiger partial charge in [-0.3, -0.25) is 14.9 Å². The van der Waals surface area contributed by atoms with E-state index in [1.165, 1.54) is 26.2 Å². The number of nitro benzene ring substituents is 1. The van der Waals surface area contributed by atoms with Gasteiger partial charge in [-0.05, 0) is 18.9 Å². The van der Waals surface area contributed by atoms with E-state index in [0.29, 0.717) is 18.8 Å². The molecular formula is C16H21N3O5. The molecule has 8 nitrogen and oxygen atoms in total. The predicted octanol–water partition coefficient (Wildman–Crippen LogP) is 1.83. The summed E-state index contributed by atoms with van der Waals surface area (Å²) in [5, 5.41) is 10.9. The molecule has 0 unspecified atom stereocenters. The maximum atomic E-state index is 12.0. The number of hydrogen-bond acceptors (Lipinski definition) is 6. The number of anilines is 1. The topological polar surface area (TPSA) is 93.0 Å². The van der Waals surface area contributed by atoms with Gasteiger partial charge in [0, 0.05) is 45.2 Å². The Morgan fingerprint density at radius 1 is 1.33 bits per heavy atom. The van der Waals surface area contributed by atoms with Gasteiger partial charge in [-0.15, -0.1) is 0 Å². The van der Waals surface area contributed by atoms with Gasteiger partial charge in [0.25, 0.3) is 5.69 Å². The number of rotatable bonds is 4. The molecule has 0 saturated carbocycles. The average molecular weight is 335 g/mol. The Morgan fingerprint density at radius 2 is 1.96 bits per heavy atom. The summed E-state index contributed by atoms with van der Waals surface area (Å²) < 4.78 is 4.75. The number of benzene rings is 1. The minimum atomic E-state index is -0.600. The van der Waals surface area contributed by atoms with Crippen LogP contribution in [0.3, 0.4) is 0 Å². The van der Waals surface area contributed by atoms with Gasteiger partial charge in [0.2, 0.25) is 5.91 Å². The van der Waals surface area contributed by atoms with Gasteiger partial charge in [0.1, 0.15) is 0 Å². The van der Waals surface area contributed by atoms with E-state index in [1.807, 2.05) is 4.90 Å². The number of ether oxygens (including phenoxy) is 1. The van der Waals surface area contributed by atoms with E-state index in [1.54, 1.807) is 18.0 Å². The maximum absolute atomic E-state index is 12.0. The summed E-state index contributed by atoms with van der Waals surface area (Å²) in [6.07, 6.45) is 1.54. The molecule has 1 aliphatic heterocycles. The third kappa shape index (κ3) is 3.64. The number of non-ortho nitro benzene ring substituents is 1. The number of nitro groups is 1. The van der Waals surface area contributed by atoms with E-state index < -0.39 is 10.9 Å². The lowest BCUT2D eigenvalue weighted by molar-refractivity contribution is -0.384. The van der Waals surface area contributed by atoms with Crippen LogP contribution < -0.4 is 4.90 Å². The highest BCUT2D eigenvalue weighted by Crippen LogP contribution is 2.29. The predicted molar refractivity (Wildman–Crippen MR) is 88.1 cm³/mol. The van der Waals surface area contributed by atoms with Crippen molar-refractivity contribution in [3.63, 3.8) is 0 Å². The lowest BCUT2D eigenvalue weighted by atomic mass is 10.0. The number of nitrogens with zero attached hydrogens (tertiary/aromatic N) is 3. The van der Waals surface area contributed by atoms with E-state index in [9.17, 15) is 19.7 Å². The van der Waals surface area contributed by atoms with E-state index in [2.05, 4.69) is 0 Å². The summed E-state index contributed by atoms with van der Waals surface area (Å²) >= 11 is 0. The first-order chi connectivity index (χ1) is 11.3. The van der Waals surface area contributed by atoms with E-state index in [4.69, 9.17) is 4.74 Å². The molecule has 1 fully saturated rings. The highest BCUT2D eigenvalue weighted by Gasteiger charge is 2.27. The Morgan fingerprint density at radius 3 is 2.46 bits per heavy atom. The summed E-state index contributed by atoms with van der Waals surface area (Å²) in [5.74, 6) is -0.573. The van der Waals surface area contributed by atoms with Crippen molar-refractivity contribution in [2.75, 3.05) is 32.1 Å². The van der Waals surface area contributed by atoms with Gasteiger partial charge in [0.05, 0.1) is 23.3 Å². The molecule has 1 aromatic carbocycles. The van der Waals surface area contributed by atoms with Crippen LogP contribution in [0.2, 0.25) is 0 Å². The maximum Gasteiger partial charge on any atom is 0.340 e. The van der Waals surface area contributed by atoms with Crippen molar-refractivity contribution in [3.05, 3.63) is 33.9 Å². The molecule has 1 aromatic rings. The fourth-order valence-electron chi connectivity index (χ4n) is 2.94. The number of methoxy groups -OCH3 is 1. The Hall–Kier alpha value is -2.64. The van der Waals surface area contributed by atoms with Crippen molar-refractivity contribution < 1.29 is 19.2 Å². The molecule has 0 radical (unpaired) electrons. The molecule has 1 amide bonds. The monoisotopic (exact) mass is 335 g/mol. The lowest BCUT2D eigenvalue weighted by Crippen LogP contribution is -2.45. The zero-order valence-corrected chi connectivity index (χ0v) is 14.0. The summed E-state index contributed by atoms with van der Waals surface area (Å²) in [4.78, 5) is 37.6. The molecule has 0 atom stereocenters. The lowest BCUT2D eigenvalue weighted by Gasteiger charge is -2.38. The molecule has 1 heterocycles. The van der Waals surface area contributed by atoms with Gasteiger partial charge in [-0.2, -0.15) is 0 Å². The Labute approximate surface area is 140 Å². The Kier molecular flexibility index (Phi) is 5.38. The smallest absolute Gasteiger partial charge is 0.340 e. The molecule has 1 saturated heterocycles. The van der Waals surface area contributed by atoms with E-state index >= 15 is 0 Å². The molecule has 24 heavy (non-hydrogen) atoms. The van der Waals surface area contributed by atoms with E-state index in [-0.39, 0.29) is 23.2 Å². The van der Waals surface area contributed by atoms with Crippen LogP contribution in [0, 0.1) is 10.1 Å². The minimum Gasteiger partial charge on any atom is -0.465 e. The summed E-state index contributed by atoms with van der Waals surface area (Å²) in [7, 11) is 3.04. The Balaban J connectivity index is 2.22. The Bertz CT molecular complexity index is 653. The first kappa shape index (κ1) is 17.7. The van der Waals surface area contributed by atoms with Gasteiger partial charge >= 0.3 is 5.97 Å². The molecule has 1 aliphatic rings. The van der Waals surface area contributed by atoms with Gasteiger partial charge in [-0.1, -0.05) is 0 Å². The van der Waals surface area contributed by atoms with Crippen LogP contribution in [0.25, 0.3) is 0 Å². The van der Waals surface area contributed by atoms with Crippen LogP contribution in [-0.4, -0.2) is 55.0 Å². The standard InChI is InChI=1S/C16H21N3O5/c1-11(20)17(2)12-6-8-18(9-7-12)15-5-4-13(19(22)23)10-14(15)16(21)24-3/h4-5,10,12H,6-9H2,1-3H3. The zero-order valence-electron chi connectivity index (χ0n) is 14.0. The van der Waals surface area contributed by atoms with Crippen molar-refractivity contribution >= 4 is 23.3 Å². The highest BCUT2D eigenvalue weighted by atomic mass is 16.6. The van der Waals surface area contributed by atoms with Crippen molar-refractivity contribution in [2.24, 2.45) is 0 Å². The normalized spacial score (nSPS) is 15.0. The van der Waals surface area contributed by atoms with Gasteiger partial charge in [0.15, 0.2) is 0 Å². The molecule has 0 spiro atoms. The fraction of sp³-hybridized carbons (Fsp3) is 0.500. The molecule has 0 bridgehead atoms. The number of esters is 1. The average Bonchev–Trinajstić information content (AvgIpc) is 2.59. The van der Waals surface area contributed by atoms with Crippen molar-refractivity contribution in [1.82, 2.24) is 4.90 Å². The van der Waals surface area contributed by atoms with Crippen molar-refractivity contribution in [3.8, 4) is 0 Å². The molecule has 0 aromatic heterocycles. The second kappa shape index (κ2) is 7.29. The van der Waals surface area contributed by atoms with Gasteiger partial charge < -0.3 is 14.5 Å². The molecule has 0 N–H and O–H groups in total. The van der Waals surface area contributed by atoms with Crippen LogP contribution in [0.5, 0.6) is 0 Å². The molecule has 130 valence electrons. The molecule has 2 rings (SSSR count). The third-order valence-electron chi connectivity index (χ3n) is 4.45. The fourth-order valence-corrected chi connectivity index (χ4v) is 2.94. The van der Waals surface area contributed by atoms with Crippen molar-refractivity contribution in [2.45, 2.75) is 25.8 Å². The molecule has 8 heteroatoms. The van der Waals surface area contributed by atoms with E-state index in [0.717, 1.165) is 12.8 Å². The van der Waals surface area contributed by atoms with Gasteiger partial charge in [-0.25, -0.2) is 4.79 Å². The van der Waals surface area contributed by atoms with Crippen LogP contribution in [0.1, 0.15) is 30.1 Å².